The summed E-state index contributed by atoms with van der Waals surface area (Å²) in [7, 11) is 0. The van der Waals surface area contributed by atoms with Crippen LogP contribution in [0.2, 0.25) is 0 Å². The molecule has 0 aromatic carbocycles. The van der Waals surface area contributed by atoms with E-state index in [-0.39, 0.29) is 5.69 Å². The average Bonchev–Trinajstić information content (AvgIpc) is 2.68. The van der Waals surface area contributed by atoms with Crippen LogP contribution in [0.5, 0.6) is 0 Å². The van der Waals surface area contributed by atoms with Crippen LogP contribution >= 0.6 is 0 Å². The number of amides is 1. The summed E-state index contributed by atoms with van der Waals surface area (Å²) in [6.45, 7) is 0. The highest BCUT2D eigenvalue weighted by Gasteiger charge is 2.32. The van der Waals surface area contributed by atoms with Gasteiger partial charge in [0.15, 0.2) is 5.69 Å². The minimum Gasteiger partial charge on any atom is -0.364 e. The Morgan fingerprint density at radius 1 is 1.55 bits per heavy atom. The van der Waals surface area contributed by atoms with Gasteiger partial charge in [-0.05, 0) is 18.0 Å². The minimum absolute atomic E-state index is 0.188. The van der Waals surface area contributed by atoms with E-state index in [0.717, 1.165) is 12.8 Å². The number of hydrogen-bond donors (Lipinski definition) is 1. The van der Waals surface area contributed by atoms with Crippen LogP contribution in [-0.4, -0.2) is 16.2 Å². The van der Waals surface area contributed by atoms with Crippen LogP contribution in [-0.2, 0) is 0 Å². The molecule has 0 aliphatic heterocycles. The normalized spacial score (nSPS) is 16.7. The largest absolute Gasteiger partial charge is 0.364 e. The lowest BCUT2D eigenvalue weighted by atomic mass is 10.2. The summed E-state index contributed by atoms with van der Waals surface area (Å²) in [6, 6.07) is 0. The molecule has 1 aromatic heterocycles. The van der Waals surface area contributed by atoms with Gasteiger partial charge in [-0.2, -0.15) is 0 Å². The van der Waals surface area contributed by atoms with Crippen molar-refractivity contribution in [3.05, 3.63) is 11.4 Å². The summed E-state index contributed by atoms with van der Waals surface area (Å²) in [5.41, 5.74) is 5.83. The van der Waals surface area contributed by atoms with E-state index >= 15 is 0 Å². The molecule has 5 nitrogen and oxygen atoms in total. The first kappa shape index (κ1) is 6.33. The maximum Gasteiger partial charge on any atom is 0.272 e. The monoisotopic (exact) mass is 153 g/mol. The smallest absolute Gasteiger partial charge is 0.272 e. The SMILES string of the molecule is NC(=O)c1nonc1C1CC1. The zero-order chi connectivity index (χ0) is 7.84. The summed E-state index contributed by atoms with van der Waals surface area (Å²) in [5.74, 6) is -0.211. The Balaban J connectivity index is 2.37. The third-order valence-corrected chi connectivity index (χ3v) is 1.71. The second kappa shape index (κ2) is 2.05. The van der Waals surface area contributed by atoms with Crippen LogP contribution in [0.3, 0.4) is 0 Å². The first-order valence-electron chi connectivity index (χ1n) is 3.41. The van der Waals surface area contributed by atoms with E-state index < -0.39 is 5.91 Å². The lowest BCUT2D eigenvalue weighted by Crippen LogP contribution is -2.13. The van der Waals surface area contributed by atoms with Gasteiger partial charge in [0.25, 0.3) is 5.91 Å². The molecule has 11 heavy (non-hydrogen) atoms. The number of hydrogen-bond acceptors (Lipinski definition) is 4. The topological polar surface area (TPSA) is 82.0 Å². The third kappa shape index (κ3) is 0.978. The van der Waals surface area contributed by atoms with Crippen LogP contribution in [0.1, 0.15) is 34.9 Å². The fourth-order valence-corrected chi connectivity index (χ4v) is 0.991. The number of rotatable bonds is 2. The molecule has 1 amide bonds. The first-order chi connectivity index (χ1) is 5.29. The molecule has 1 aromatic rings. The van der Waals surface area contributed by atoms with Gasteiger partial charge in [0, 0.05) is 5.92 Å². The molecule has 0 unspecified atom stereocenters. The predicted octanol–water partition coefficient (Wildman–Crippen LogP) is 0.0459. The van der Waals surface area contributed by atoms with Gasteiger partial charge < -0.3 is 5.73 Å². The van der Waals surface area contributed by atoms with E-state index in [0.29, 0.717) is 11.6 Å². The third-order valence-electron chi connectivity index (χ3n) is 1.71. The molecule has 1 fully saturated rings. The van der Waals surface area contributed by atoms with E-state index in [9.17, 15) is 4.79 Å². The summed E-state index contributed by atoms with van der Waals surface area (Å²) in [6.07, 6.45) is 2.10. The predicted molar refractivity (Wildman–Crippen MR) is 34.8 cm³/mol. The van der Waals surface area contributed by atoms with Crippen molar-refractivity contribution in [1.29, 1.82) is 0 Å². The number of carbonyl (C=O) groups is 1. The number of carbonyl (C=O) groups excluding carboxylic acids is 1. The van der Waals surface area contributed by atoms with Crippen molar-refractivity contribution >= 4 is 5.91 Å². The van der Waals surface area contributed by atoms with Gasteiger partial charge in [0.05, 0.1) is 0 Å². The summed E-state index contributed by atoms with van der Waals surface area (Å²) >= 11 is 0. The van der Waals surface area contributed by atoms with Gasteiger partial charge >= 0.3 is 0 Å². The molecule has 5 heteroatoms. The molecule has 1 saturated carbocycles. The fraction of sp³-hybridized carbons (Fsp3) is 0.500. The molecule has 0 atom stereocenters. The maximum atomic E-state index is 10.7. The summed E-state index contributed by atoms with van der Waals surface area (Å²) < 4.78 is 4.41. The van der Waals surface area contributed by atoms with Gasteiger partial charge in [0.1, 0.15) is 5.69 Å². The van der Waals surface area contributed by atoms with Crippen LogP contribution < -0.4 is 5.73 Å². The van der Waals surface area contributed by atoms with Gasteiger partial charge in [-0.25, -0.2) is 4.63 Å². The number of nitrogens with two attached hydrogens (primary N) is 1. The Bertz CT molecular complexity index is 290. The molecule has 1 heterocycles. The molecule has 0 radical (unpaired) electrons. The van der Waals surface area contributed by atoms with Gasteiger partial charge in [-0.15, -0.1) is 0 Å². The Morgan fingerprint density at radius 2 is 2.27 bits per heavy atom. The first-order valence-corrected chi connectivity index (χ1v) is 3.41. The van der Waals surface area contributed by atoms with Crippen LogP contribution in [0.15, 0.2) is 4.63 Å². The van der Waals surface area contributed by atoms with Crippen molar-refractivity contribution in [2.24, 2.45) is 5.73 Å². The van der Waals surface area contributed by atoms with E-state index in [1.807, 2.05) is 0 Å². The van der Waals surface area contributed by atoms with E-state index in [1.165, 1.54) is 0 Å². The van der Waals surface area contributed by atoms with Gasteiger partial charge in [0.2, 0.25) is 0 Å². The molecule has 0 spiro atoms. The quantitative estimate of drug-likeness (QED) is 0.650. The zero-order valence-electron chi connectivity index (χ0n) is 5.78. The number of primary amides is 1. The fourth-order valence-electron chi connectivity index (χ4n) is 0.991. The Hall–Kier alpha value is -1.39. The van der Waals surface area contributed by atoms with E-state index in [1.54, 1.807) is 0 Å². The molecule has 58 valence electrons. The van der Waals surface area contributed by atoms with Gasteiger partial charge in [-0.1, -0.05) is 5.16 Å². The van der Waals surface area contributed by atoms with Crippen LogP contribution in [0.25, 0.3) is 0 Å². The average molecular weight is 153 g/mol. The lowest BCUT2D eigenvalue weighted by molar-refractivity contribution is 0.0990. The van der Waals surface area contributed by atoms with Crippen molar-refractivity contribution < 1.29 is 9.42 Å². The standard InChI is InChI=1S/C6H7N3O2/c7-6(10)5-4(3-1-2-3)8-11-9-5/h3H,1-2H2,(H2,7,10). The molecular formula is C6H7N3O2. The summed E-state index contributed by atoms with van der Waals surface area (Å²) in [4.78, 5) is 10.7. The number of aromatic nitrogens is 2. The number of nitrogens with zero attached hydrogens (tertiary/aromatic N) is 2. The van der Waals surface area contributed by atoms with Gasteiger partial charge in [-0.3, -0.25) is 4.79 Å². The Morgan fingerprint density at radius 3 is 2.82 bits per heavy atom. The molecule has 2 N–H and O–H groups in total. The zero-order valence-corrected chi connectivity index (χ0v) is 5.78. The van der Waals surface area contributed by atoms with Crippen molar-refractivity contribution in [2.45, 2.75) is 18.8 Å². The second-order valence-corrected chi connectivity index (χ2v) is 2.64. The minimum atomic E-state index is -0.562. The molecule has 0 saturated heterocycles. The molecule has 1 aliphatic rings. The van der Waals surface area contributed by atoms with E-state index in [2.05, 4.69) is 14.9 Å². The molecule has 1 aliphatic carbocycles. The highest BCUT2D eigenvalue weighted by Crippen LogP contribution is 2.39. The van der Waals surface area contributed by atoms with Crippen molar-refractivity contribution in [2.75, 3.05) is 0 Å². The van der Waals surface area contributed by atoms with Crippen molar-refractivity contribution in [1.82, 2.24) is 10.3 Å². The van der Waals surface area contributed by atoms with Crippen LogP contribution in [0.4, 0.5) is 0 Å². The lowest BCUT2D eigenvalue weighted by Gasteiger charge is -1.87. The highest BCUT2D eigenvalue weighted by atomic mass is 16.6. The maximum absolute atomic E-state index is 10.7. The Kier molecular flexibility index (Phi) is 1.18. The second-order valence-electron chi connectivity index (χ2n) is 2.64. The molecular weight excluding hydrogens is 146 g/mol. The van der Waals surface area contributed by atoms with Crippen molar-refractivity contribution in [3.8, 4) is 0 Å². The summed E-state index contributed by atoms with van der Waals surface area (Å²) in [5, 5.41) is 7.03. The molecule has 2 rings (SSSR count). The Labute approximate surface area is 62.5 Å². The molecule has 0 bridgehead atoms. The van der Waals surface area contributed by atoms with E-state index in [4.69, 9.17) is 5.73 Å². The van der Waals surface area contributed by atoms with Crippen molar-refractivity contribution in [3.63, 3.8) is 0 Å². The highest BCUT2D eigenvalue weighted by molar-refractivity contribution is 5.91. The van der Waals surface area contributed by atoms with Crippen LogP contribution in [0, 0.1) is 0 Å².